The number of aliphatic carboxylic acids is 1. The number of ether oxygens (including phenoxy) is 1. The number of carbonyl (C=O) groups is 3. The summed E-state index contributed by atoms with van der Waals surface area (Å²) in [5, 5.41) is 12.2. The third-order valence-electron chi connectivity index (χ3n) is 8.44. The van der Waals surface area contributed by atoms with E-state index < -0.39 is 11.9 Å². The zero-order chi connectivity index (χ0) is 29.1. The van der Waals surface area contributed by atoms with Gasteiger partial charge in [0.25, 0.3) is 0 Å². The minimum Gasteiger partial charge on any atom is -0.481 e. The van der Waals surface area contributed by atoms with Crippen LogP contribution in [0.15, 0.2) is 48.0 Å². The fourth-order valence-corrected chi connectivity index (χ4v) is 6.94. The van der Waals surface area contributed by atoms with Gasteiger partial charge in [0.05, 0.1) is 12.1 Å². The molecule has 1 N–H and O–H groups in total. The topological polar surface area (TPSA) is 113 Å². The molecule has 1 aliphatic carbocycles. The van der Waals surface area contributed by atoms with Crippen LogP contribution in [0, 0.1) is 11.8 Å². The van der Waals surface area contributed by atoms with Gasteiger partial charge in [-0.25, -0.2) is 9.97 Å². The van der Waals surface area contributed by atoms with E-state index in [4.69, 9.17) is 9.72 Å². The van der Waals surface area contributed by atoms with Crippen LogP contribution in [0.5, 0.6) is 0 Å². The molecule has 42 heavy (non-hydrogen) atoms. The molecule has 1 unspecified atom stereocenters. The number of anilines is 2. The smallest absolute Gasteiger partial charge is 0.304 e. The maximum Gasteiger partial charge on any atom is 0.304 e. The van der Waals surface area contributed by atoms with E-state index in [0.29, 0.717) is 49.5 Å². The van der Waals surface area contributed by atoms with Crippen LogP contribution in [0.2, 0.25) is 0 Å². The van der Waals surface area contributed by atoms with Crippen LogP contribution in [0.4, 0.5) is 10.9 Å². The lowest BCUT2D eigenvalue weighted by Crippen LogP contribution is -2.40. The van der Waals surface area contributed by atoms with Gasteiger partial charge < -0.3 is 9.84 Å². The summed E-state index contributed by atoms with van der Waals surface area (Å²) in [6.45, 7) is 2.02. The molecule has 0 radical (unpaired) electrons. The predicted molar refractivity (Wildman–Crippen MR) is 161 cm³/mol. The molecule has 2 aromatic heterocycles. The number of nitrogens with zero attached hydrogens (tertiary/aromatic N) is 4. The first-order chi connectivity index (χ1) is 20.5. The number of carboxylic acid groups (broad SMARTS) is 1. The summed E-state index contributed by atoms with van der Waals surface area (Å²) < 4.78 is 5.47. The molecule has 10 heteroatoms. The predicted octanol–water partition coefficient (Wildman–Crippen LogP) is 5.79. The highest BCUT2D eigenvalue weighted by Gasteiger charge is 2.40. The summed E-state index contributed by atoms with van der Waals surface area (Å²) in [6.07, 6.45) is 8.16. The van der Waals surface area contributed by atoms with Crippen molar-refractivity contribution in [2.45, 2.75) is 63.8 Å². The Labute approximate surface area is 249 Å². The average Bonchev–Trinajstić information content (AvgIpc) is 3.73. The number of pyridine rings is 1. The van der Waals surface area contributed by atoms with Gasteiger partial charge in [-0.15, -0.1) is 11.3 Å². The Morgan fingerprint density at radius 2 is 1.86 bits per heavy atom. The maximum atomic E-state index is 13.9. The highest BCUT2D eigenvalue weighted by Crippen LogP contribution is 2.40. The molecule has 1 aromatic carbocycles. The van der Waals surface area contributed by atoms with E-state index >= 15 is 0 Å². The molecule has 3 aliphatic rings. The van der Waals surface area contributed by atoms with E-state index in [1.54, 1.807) is 16.0 Å². The Balaban J connectivity index is 1.25. The molecule has 2 aliphatic heterocycles. The molecule has 2 saturated heterocycles. The van der Waals surface area contributed by atoms with Crippen molar-refractivity contribution in [3.8, 4) is 22.4 Å². The van der Waals surface area contributed by atoms with Crippen molar-refractivity contribution >= 4 is 40.1 Å². The summed E-state index contributed by atoms with van der Waals surface area (Å²) >= 11 is 1.42. The molecule has 1 atom stereocenters. The van der Waals surface area contributed by atoms with Gasteiger partial charge in [0, 0.05) is 60.8 Å². The lowest BCUT2D eigenvalue weighted by molar-refractivity contribution is -0.141. The molecule has 220 valence electrons. The Morgan fingerprint density at radius 3 is 2.55 bits per heavy atom. The van der Waals surface area contributed by atoms with Gasteiger partial charge in [-0.3, -0.25) is 24.2 Å². The molecule has 4 heterocycles. The third kappa shape index (κ3) is 6.39. The highest BCUT2D eigenvalue weighted by atomic mass is 32.1. The first kappa shape index (κ1) is 28.5. The summed E-state index contributed by atoms with van der Waals surface area (Å²) in [5.74, 6) is -0.582. The van der Waals surface area contributed by atoms with Crippen molar-refractivity contribution < 1.29 is 24.2 Å². The van der Waals surface area contributed by atoms with Gasteiger partial charge in [-0.2, -0.15) is 0 Å². The molecular formula is C32H36N4O5S. The SMILES string of the molecule is O=C(O)CC(CC1CCOCC1)C(=O)N(c1nc(-c2ccccc2-c2ccc(N3CCCCC3=O)nc2)cs1)C1CC1. The van der Waals surface area contributed by atoms with Crippen LogP contribution in [-0.4, -0.2) is 58.7 Å². The van der Waals surface area contributed by atoms with Crippen LogP contribution >= 0.6 is 11.3 Å². The number of carbonyl (C=O) groups excluding carboxylic acids is 2. The van der Waals surface area contributed by atoms with Crippen LogP contribution in [0.3, 0.4) is 0 Å². The summed E-state index contributed by atoms with van der Waals surface area (Å²) in [7, 11) is 0. The van der Waals surface area contributed by atoms with Gasteiger partial charge in [-0.1, -0.05) is 24.3 Å². The second-order valence-corrected chi connectivity index (χ2v) is 12.3. The standard InChI is InChI=1S/C32H36N4O5S/c37-29-7-3-4-14-35(29)28-11-8-22(19-33-28)25-5-1-2-6-26(25)27-20-42-32(34-27)36(24-9-10-24)31(40)23(18-30(38)39)17-21-12-15-41-16-13-21/h1-2,5-6,8,11,19-21,23-24H,3-4,7,9-10,12-18H2,(H,38,39). The first-order valence-corrected chi connectivity index (χ1v) is 15.8. The Morgan fingerprint density at radius 1 is 1.07 bits per heavy atom. The zero-order valence-corrected chi connectivity index (χ0v) is 24.4. The molecular weight excluding hydrogens is 552 g/mol. The van der Waals surface area contributed by atoms with Crippen molar-refractivity contribution in [1.29, 1.82) is 0 Å². The quantitative estimate of drug-likeness (QED) is 0.319. The minimum atomic E-state index is -0.950. The Kier molecular flexibility index (Phi) is 8.62. The number of thiazole rings is 1. The van der Waals surface area contributed by atoms with Gasteiger partial charge in [0.1, 0.15) is 5.82 Å². The van der Waals surface area contributed by atoms with Crippen LogP contribution in [0.1, 0.15) is 57.8 Å². The minimum absolute atomic E-state index is 0.0620. The fraction of sp³-hybridized carbons (Fsp3) is 0.469. The summed E-state index contributed by atoms with van der Waals surface area (Å²) in [6, 6.07) is 11.9. The average molecular weight is 589 g/mol. The molecule has 2 amide bonds. The van der Waals surface area contributed by atoms with E-state index in [1.165, 1.54) is 11.3 Å². The Bertz CT molecular complexity index is 1430. The molecule has 0 bridgehead atoms. The normalized spacial score (nSPS) is 18.6. The van der Waals surface area contributed by atoms with Gasteiger partial charge in [-0.05, 0) is 68.6 Å². The largest absolute Gasteiger partial charge is 0.481 e. The van der Waals surface area contributed by atoms with Crippen molar-refractivity contribution in [2.75, 3.05) is 29.6 Å². The van der Waals surface area contributed by atoms with E-state index in [2.05, 4.69) is 4.98 Å². The molecule has 9 nitrogen and oxygen atoms in total. The van der Waals surface area contributed by atoms with Gasteiger partial charge in [0.2, 0.25) is 11.8 Å². The lowest BCUT2D eigenvalue weighted by Gasteiger charge is -2.29. The number of carboxylic acids is 1. The van der Waals surface area contributed by atoms with Crippen LogP contribution in [0.25, 0.3) is 22.4 Å². The molecule has 3 fully saturated rings. The number of rotatable bonds is 10. The number of amides is 2. The lowest BCUT2D eigenvalue weighted by atomic mass is 9.86. The van der Waals surface area contributed by atoms with E-state index in [9.17, 15) is 19.5 Å². The Hall–Kier alpha value is -3.63. The molecule has 6 rings (SSSR count). The number of piperidine rings is 1. The number of hydrogen-bond acceptors (Lipinski definition) is 7. The number of aromatic nitrogens is 2. The van der Waals surface area contributed by atoms with E-state index in [0.717, 1.165) is 60.9 Å². The monoisotopic (exact) mass is 588 g/mol. The molecule has 1 saturated carbocycles. The van der Waals surface area contributed by atoms with Crippen LogP contribution < -0.4 is 9.80 Å². The van der Waals surface area contributed by atoms with E-state index in [-0.39, 0.29) is 24.3 Å². The van der Waals surface area contributed by atoms with Crippen molar-refractivity contribution in [1.82, 2.24) is 9.97 Å². The number of hydrogen-bond donors (Lipinski definition) is 1. The fourth-order valence-electron chi connectivity index (χ4n) is 6.04. The number of benzene rings is 1. The summed E-state index contributed by atoms with van der Waals surface area (Å²) in [4.78, 5) is 51.1. The second kappa shape index (κ2) is 12.7. The molecule has 3 aromatic rings. The first-order valence-electron chi connectivity index (χ1n) is 14.9. The third-order valence-corrected chi connectivity index (χ3v) is 9.28. The van der Waals surface area contributed by atoms with Crippen molar-refractivity contribution in [3.63, 3.8) is 0 Å². The van der Waals surface area contributed by atoms with Crippen LogP contribution in [-0.2, 0) is 19.1 Å². The second-order valence-electron chi connectivity index (χ2n) is 11.5. The van der Waals surface area contributed by atoms with Gasteiger partial charge in [0.15, 0.2) is 5.13 Å². The van der Waals surface area contributed by atoms with Crippen molar-refractivity contribution in [3.05, 3.63) is 48.0 Å². The zero-order valence-electron chi connectivity index (χ0n) is 23.6. The summed E-state index contributed by atoms with van der Waals surface area (Å²) in [5.41, 5.74) is 3.57. The molecule has 0 spiro atoms. The van der Waals surface area contributed by atoms with E-state index in [1.807, 2.05) is 41.8 Å². The maximum absolute atomic E-state index is 13.9. The van der Waals surface area contributed by atoms with Crippen molar-refractivity contribution in [2.24, 2.45) is 11.8 Å². The highest BCUT2D eigenvalue weighted by molar-refractivity contribution is 7.14. The van der Waals surface area contributed by atoms with Gasteiger partial charge >= 0.3 is 5.97 Å².